The van der Waals surface area contributed by atoms with Crippen LogP contribution < -0.4 is 16.0 Å². The molecule has 51 heavy (non-hydrogen) atoms. The molecule has 0 bridgehead atoms. The van der Waals surface area contributed by atoms with Gasteiger partial charge in [0, 0.05) is 18.8 Å². The monoisotopic (exact) mass is 700 g/mol. The van der Waals surface area contributed by atoms with Crippen molar-refractivity contribution in [1.82, 2.24) is 25.1 Å². The minimum atomic E-state index is -1.42. The number of likely N-dealkylation sites (tertiary alicyclic amines) is 1. The van der Waals surface area contributed by atoms with Gasteiger partial charge >= 0.3 is 6.09 Å². The van der Waals surface area contributed by atoms with Crippen LogP contribution in [0.4, 0.5) is 10.6 Å². The molecule has 274 valence electrons. The number of carbonyl (C=O) groups excluding carboxylic acids is 4. The van der Waals surface area contributed by atoms with Gasteiger partial charge in [-0.2, -0.15) is 0 Å². The first-order valence-electron chi connectivity index (χ1n) is 17.9. The molecule has 5 rings (SSSR count). The Morgan fingerprint density at radius 2 is 1.57 bits per heavy atom. The number of rotatable bonds is 12. The Kier molecular flexibility index (Phi) is 12.2. The van der Waals surface area contributed by atoms with Gasteiger partial charge in [-0.15, -0.1) is 0 Å². The Hall–Kier alpha value is -4.71. The summed E-state index contributed by atoms with van der Waals surface area (Å²) in [5.74, 6) is -0.410. The van der Waals surface area contributed by atoms with Crippen molar-refractivity contribution >= 4 is 29.6 Å². The number of ether oxygens (including phenoxy) is 2. The minimum Gasteiger partial charge on any atom is -0.444 e. The molecule has 12 nitrogen and oxygen atoms in total. The normalized spacial score (nSPS) is 18.9. The first kappa shape index (κ1) is 37.5. The Bertz CT molecular complexity index is 1630. The van der Waals surface area contributed by atoms with Gasteiger partial charge in [0.2, 0.25) is 5.91 Å². The lowest BCUT2D eigenvalue weighted by Crippen LogP contribution is -2.59. The van der Waals surface area contributed by atoms with Crippen LogP contribution in [0.2, 0.25) is 0 Å². The number of amides is 4. The lowest BCUT2D eigenvalue weighted by molar-refractivity contribution is -0.140. The number of benzene rings is 2. The summed E-state index contributed by atoms with van der Waals surface area (Å²) in [6.45, 7) is 9.01. The van der Waals surface area contributed by atoms with E-state index in [9.17, 15) is 19.2 Å². The lowest BCUT2D eigenvalue weighted by atomic mass is 9.78. The topological polar surface area (TPSA) is 144 Å². The Morgan fingerprint density at radius 3 is 2.27 bits per heavy atom. The maximum Gasteiger partial charge on any atom is 0.408 e. The number of aromatic nitrogens is 2. The predicted octanol–water partition coefficient (Wildman–Crippen LogP) is 5.60. The standard InChI is InChI=1S/C39H52N6O6/c1-38(2,3)51-37(49)43-39(4,5)36(48)41-30(25-50-24-27-15-8-6-9-16-27)34(46)42-32-23-44(26-40-32)33(29-18-10-7-11-19-29)35(47)45-22-14-20-28-17-12-13-21-31(28)45/h6-11,15-16,18-19,23,26,28,30-31,33H,12-14,17,20-22,24-25H2,1-5H3,(H,41,48)(H,42,46)(H,43,49)/t28?,30-,31?,33?/m1/s1. The molecular weight excluding hydrogens is 648 g/mol. The quantitative estimate of drug-likeness (QED) is 0.223. The van der Waals surface area contributed by atoms with E-state index >= 15 is 0 Å². The third-order valence-electron chi connectivity index (χ3n) is 9.43. The molecular formula is C39H52N6O6. The van der Waals surface area contributed by atoms with Gasteiger partial charge in [0.05, 0.1) is 19.5 Å². The Balaban J connectivity index is 1.33. The van der Waals surface area contributed by atoms with Gasteiger partial charge in [0.1, 0.15) is 23.2 Å². The molecule has 4 atom stereocenters. The molecule has 3 N–H and O–H groups in total. The van der Waals surface area contributed by atoms with E-state index in [4.69, 9.17) is 9.47 Å². The maximum atomic E-state index is 14.4. The van der Waals surface area contributed by atoms with Crippen molar-refractivity contribution in [1.29, 1.82) is 0 Å². The van der Waals surface area contributed by atoms with Crippen molar-refractivity contribution in [2.45, 2.75) is 109 Å². The summed E-state index contributed by atoms with van der Waals surface area (Å²) in [4.78, 5) is 60.6. The van der Waals surface area contributed by atoms with Crippen LogP contribution in [0.25, 0.3) is 0 Å². The lowest BCUT2D eigenvalue weighted by Gasteiger charge is -2.45. The molecule has 2 aromatic carbocycles. The van der Waals surface area contributed by atoms with Crippen LogP contribution in [0, 0.1) is 5.92 Å². The first-order valence-corrected chi connectivity index (χ1v) is 17.9. The summed E-state index contributed by atoms with van der Waals surface area (Å²) in [7, 11) is 0. The van der Waals surface area contributed by atoms with E-state index in [0.29, 0.717) is 5.92 Å². The SMILES string of the molecule is CC(C)(C)OC(=O)NC(C)(C)C(=O)N[C@H](COCc1ccccc1)C(=O)Nc1cn(C(C(=O)N2CCCC3CCCCC32)c2ccccc2)cn1. The van der Waals surface area contributed by atoms with Crippen molar-refractivity contribution in [3.63, 3.8) is 0 Å². The molecule has 0 spiro atoms. The molecule has 1 aliphatic heterocycles. The van der Waals surface area contributed by atoms with Gasteiger partial charge in [-0.1, -0.05) is 73.5 Å². The van der Waals surface area contributed by atoms with Gasteiger partial charge in [-0.3, -0.25) is 14.4 Å². The second-order valence-corrected chi connectivity index (χ2v) is 15.1. The summed E-state index contributed by atoms with van der Waals surface area (Å²) in [6.07, 6.45) is 9.11. The highest BCUT2D eigenvalue weighted by atomic mass is 16.6. The van der Waals surface area contributed by atoms with Gasteiger partial charge in [0.25, 0.3) is 11.8 Å². The molecule has 2 heterocycles. The smallest absolute Gasteiger partial charge is 0.408 e. The number of alkyl carbamates (subject to hydrolysis) is 1. The van der Waals surface area contributed by atoms with Crippen molar-refractivity contribution < 1.29 is 28.7 Å². The number of nitrogens with one attached hydrogen (secondary N) is 3. The zero-order valence-corrected chi connectivity index (χ0v) is 30.4. The average molecular weight is 701 g/mol. The zero-order valence-electron chi connectivity index (χ0n) is 30.4. The van der Waals surface area contributed by atoms with Crippen LogP contribution in [-0.4, -0.2) is 74.6 Å². The number of hydrogen-bond acceptors (Lipinski definition) is 7. The van der Waals surface area contributed by atoms with Crippen molar-refractivity contribution in [2.75, 3.05) is 18.5 Å². The number of fused-ring (bicyclic) bond motifs is 1. The Morgan fingerprint density at radius 1 is 0.902 bits per heavy atom. The van der Waals surface area contributed by atoms with Crippen LogP contribution >= 0.6 is 0 Å². The molecule has 1 saturated carbocycles. The third-order valence-corrected chi connectivity index (χ3v) is 9.43. The number of imidazole rings is 1. The van der Waals surface area contributed by atoms with E-state index in [1.54, 1.807) is 37.9 Å². The minimum absolute atomic E-state index is 0.0206. The highest BCUT2D eigenvalue weighted by Gasteiger charge is 2.39. The molecule has 3 unspecified atom stereocenters. The fourth-order valence-corrected chi connectivity index (χ4v) is 6.89. The summed E-state index contributed by atoms with van der Waals surface area (Å²) in [5, 5.41) is 8.12. The molecule has 1 saturated heterocycles. The fraction of sp³-hybridized carbons (Fsp3) is 0.513. The van der Waals surface area contributed by atoms with Gasteiger partial charge in [-0.05, 0) is 77.3 Å². The molecule has 0 radical (unpaired) electrons. The molecule has 1 aromatic heterocycles. The summed E-state index contributed by atoms with van der Waals surface area (Å²) < 4.78 is 13.0. The number of hydrogen-bond donors (Lipinski definition) is 3. The highest BCUT2D eigenvalue weighted by Crippen LogP contribution is 2.37. The van der Waals surface area contributed by atoms with Crippen LogP contribution in [-0.2, 0) is 30.5 Å². The number of nitrogens with zero attached hydrogens (tertiary/aromatic N) is 3. The van der Waals surface area contributed by atoms with Gasteiger partial charge in [-0.25, -0.2) is 9.78 Å². The van der Waals surface area contributed by atoms with Gasteiger partial charge < -0.3 is 34.9 Å². The average Bonchev–Trinajstić information content (AvgIpc) is 3.54. The van der Waals surface area contributed by atoms with Crippen molar-refractivity contribution in [2.24, 2.45) is 5.92 Å². The summed E-state index contributed by atoms with van der Waals surface area (Å²) in [5.41, 5.74) is -0.450. The maximum absolute atomic E-state index is 14.4. The third kappa shape index (κ3) is 10.2. The number of carbonyl (C=O) groups is 4. The number of piperidine rings is 1. The van der Waals surface area contributed by atoms with Crippen LogP contribution in [0.1, 0.15) is 90.3 Å². The van der Waals surface area contributed by atoms with Crippen LogP contribution in [0.5, 0.6) is 0 Å². The van der Waals surface area contributed by atoms with Crippen LogP contribution in [0.3, 0.4) is 0 Å². The largest absolute Gasteiger partial charge is 0.444 e. The van der Waals surface area contributed by atoms with E-state index in [1.807, 2.05) is 60.7 Å². The highest BCUT2D eigenvalue weighted by molar-refractivity contribution is 5.98. The number of anilines is 1. The van der Waals surface area contributed by atoms with Crippen molar-refractivity contribution in [3.05, 3.63) is 84.3 Å². The fourth-order valence-electron chi connectivity index (χ4n) is 6.89. The molecule has 1 aliphatic carbocycles. The molecule has 4 amide bonds. The Labute approximate surface area is 300 Å². The molecule has 3 aromatic rings. The first-order chi connectivity index (χ1) is 24.3. The van der Waals surface area contributed by atoms with E-state index in [1.165, 1.54) is 20.3 Å². The summed E-state index contributed by atoms with van der Waals surface area (Å²) >= 11 is 0. The van der Waals surface area contributed by atoms with Crippen molar-refractivity contribution in [3.8, 4) is 0 Å². The second-order valence-electron chi connectivity index (χ2n) is 15.1. The van der Waals surface area contributed by atoms with E-state index < -0.39 is 41.1 Å². The van der Waals surface area contributed by atoms with Crippen LogP contribution in [0.15, 0.2) is 73.2 Å². The molecule has 2 aliphatic rings. The van der Waals surface area contributed by atoms with E-state index in [-0.39, 0.29) is 31.0 Å². The molecule has 2 fully saturated rings. The van der Waals surface area contributed by atoms with E-state index in [0.717, 1.165) is 49.8 Å². The molecule has 12 heteroatoms. The predicted molar refractivity (Wildman–Crippen MR) is 194 cm³/mol. The zero-order chi connectivity index (χ0) is 36.6. The summed E-state index contributed by atoms with van der Waals surface area (Å²) in [6, 6.07) is 17.5. The van der Waals surface area contributed by atoms with E-state index in [2.05, 4.69) is 25.8 Å². The van der Waals surface area contributed by atoms with Gasteiger partial charge in [0.15, 0.2) is 5.82 Å². The second kappa shape index (κ2) is 16.5.